The summed E-state index contributed by atoms with van der Waals surface area (Å²) in [6, 6.07) is 11.7. The van der Waals surface area contributed by atoms with E-state index >= 15 is 0 Å². The van der Waals surface area contributed by atoms with Gasteiger partial charge < -0.3 is 5.32 Å². The van der Waals surface area contributed by atoms with Gasteiger partial charge in [0.1, 0.15) is 0 Å². The van der Waals surface area contributed by atoms with Gasteiger partial charge in [-0.15, -0.1) is 0 Å². The van der Waals surface area contributed by atoms with E-state index in [1.807, 2.05) is 0 Å². The molecule has 0 aliphatic carbocycles. The molecule has 2 aromatic rings. The lowest BCUT2D eigenvalue weighted by atomic mass is 10.1. The van der Waals surface area contributed by atoms with Crippen LogP contribution in [0.15, 0.2) is 58.3 Å². The van der Waals surface area contributed by atoms with E-state index in [9.17, 15) is 21.6 Å². The Labute approximate surface area is 183 Å². The number of anilines is 1. The molecule has 0 saturated carbocycles. The topological polar surface area (TPSA) is 113 Å². The van der Waals surface area contributed by atoms with Crippen LogP contribution >= 0.6 is 0 Å². The maximum absolute atomic E-state index is 12.7. The summed E-state index contributed by atoms with van der Waals surface area (Å²) < 4.78 is 54.2. The van der Waals surface area contributed by atoms with Crippen molar-refractivity contribution in [3.05, 3.63) is 54.1 Å². The number of hydrogen-bond acceptors (Lipinski definition) is 5. The molecule has 2 N–H and O–H groups in total. The van der Waals surface area contributed by atoms with Crippen LogP contribution in [0.25, 0.3) is 0 Å². The van der Waals surface area contributed by atoms with Crippen LogP contribution in [0.5, 0.6) is 0 Å². The molecule has 2 aromatic carbocycles. The molecular weight excluding hydrogens is 438 g/mol. The Morgan fingerprint density at radius 2 is 1.52 bits per heavy atom. The van der Waals surface area contributed by atoms with Crippen molar-refractivity contribution < 1.29 is 21.6 Å². The van der Waals surface area contributed by atoms with E-state index in [0.29, 0.717) is 18.8 Å². The number of amides is 1. The second-order valence-electron chi connectivity index (χ2n) is 8.47. The standard InChI is InChI=1S/C21H27N3O5S2/c1-21(2,3)23-30(26,27)18-11-9-17(10-12-18)22-20(25)16-7-6-8-19(15-16)31(28,29)24-13-4-5-14-24/h6-12,15,23H,4-5,13-14H2,1-3H3,(H,22,25). The maximum atomic E-state index is 12.7. The monoisotopic (exact) mass is 465 g/mol. The van der Waals surface area contributed by atoms with Gasteiger partial charge in [-0.05, 0) is 76.1 Å². The summed E-state index contributed by atoms with van der Waals surface area (Å²) in [4.78, 5) is 12.8. The molecule has 3 rings (SSSR count). The first kappa shape index (κ1) is 23.4. The summed E-state index contributed by atoms with van der Waals surface area (Å²) in [5, 5.41) is 2.67. The van der Waals surface area contributed by atoms with Crippen molar-refractivity contribution in [2.45, 2.75) is 48.9 Å². The van der Waals surface area contributed by atoms with Crippen LogP contribution in [-0.2, 0) is 20.0 Å². The first-order chi connectivity index (χ1) is 14.4. The Balaban J connectivity index is 1.75. The predicted molar refractivity (Wildman–Crippen MR) is 119 cm³/mol. The average molecular weight is 466 g/mol. The fourth-order valence-corrected chi connectivity index (χ4v) is 6.24. The molecule has 168 valence electrons. The molecule has 1 aliphatic heterocycles. The van der Waals surface area contributed by atoms with E-state index in [1.165, 1.54) is 52.8 Å². The molecule has 0 atom stereocenters. The normalized spacial score (nSPS) is 15.7. The number of nitrogens with zero attached hydrogens (tertiary/aromatic N) is 1. The van der Waals surface area contributed by atoms with Gasteiger partial charge in [0.25, 0.3) is 5.91 Å². The highest BCUT2D eigenvalue weighted by Gasteiger charge is 2.27. The van der Waals surface area contributed by atoms with Gasteiger partial charge in [-0.3, -0.25) is 4.79 Å². The Morgan fingerprint density at radius 3 is 2.10 bits per heavy atom. The molecule has 1 amide bonds. The van der Waals surface area contributed by atoms with E-state index in [-0.39, 0.29) is 15.4 Å². The molecule has 0 aromatic heterocycles. The second-order valence-corrected chi connectivity index (χ2v) is 12.1. The summed E-state index contributed by atoms with van der Waals surface area (Å²) in [7, 11) is -7.30. The zero-order chi connectivity index (χ0) is 22.9. The highest BCUT2D eigenvalue weighted by Crippen LogP contribution is 2.22. The zero-order valence-corrected chi connectivity index (χ0v) is 19.4. The average Bonchev–Trinajstić information content (AvgIpc) is 3.22. The van der Waals surface area contributed by atoms with Gasteiger partial charge >= 0.3 is 0 Å². The summed E-state index contributed by atoms with van der Waals surface area (Å²) >= 11 is 0. The molecule has 0 spiro atoms. The summed E-state index contributed by atoms with van der Waals surface area (Å²) in [5.41, 5.74) is -0.0227. The minimum absolute atomic E-state index is 0.0803. The second kappa shape index (κ2) is 8.70. The van der Waals surface area contributed by atoms with Crippen molar-refractivity contribution in [2.75, 3.05) is 18.4 Å². The number of hydrogen-bond donors (Lipinski definition) is 2. The van der Waals surface area contributed by atoms with E-state index in [2.05, 4.69) is 10.0 Å². The van der Waals surface area contributed by atoms with Gasteiger partial charge in [0.15, 0.2) is 0 Å². The predicted octanol–water partition coefficient (Wildman–Crippen LogP) is 2.80. The molecule has 1 heterocycles. The lowest BCUT2D eigenvalue weighted by Crippen LogP contribution is -2.40. The molecule has 0 radical (unpaired) electrons. The van der Waals surface area contributed by atoms with E-state index in [1.54, 1.807) is 20.8 Å². The Morgan fingerprint density at radius 1 is 0.903 bits per heavy atom. The Hall–Kier alpha value is -2.27. The van der Waals surface area contributed by atoms with Gasteiger partial charge in [0, 0.05) is 29.9 Å². The Kier molecular flexibility index (Phi) is 6.56. The van der Waals surface area contributed by atoms with Crippen LogP contribution in [0.1, 0.15) is 44.0 Å². The maximum Gasteiger partial charge on any atom is 0.255 e. The number of sulfonamides is 2. The van der Waals surface area contributed by atoms with Crippen LogP contribution in [-0.4, -0.2) is 45.7 Å². The van der Waals surface area contributed by atoms with Crippen LogP contribution in [0.3, 0.4) is 0 Å². The first-order valence-electron chi connectivity index (χ1n) is 9.94. The molecule has 1 fully saturated rings. The first-order valence-corrected chi connectivity index (χ1v) is 12.9. The lowest BCUT2D eigenvalue weighted by molar-refractivity contribution is 0.102. The SMILES string of the molecule is CC(C)(C)NS(=O)(=O)c1ccc(NC(=O)c2cccc(S(=O)(=O)N3CCCC3)c2)cc1. The molecule has 31 heavy (non-hydrogen) atoms. The van der Waals surface area contributed by atoms with E-state index < -0.39 is 31.5 Å². The number of rotatable bonds is 6. The van der Waals surface area contributed by atoms with Crippen LogP contribution in [0, 0.1) is 0 Å². The minimum atomic E-state index is -3.68. The van der Waals surface area contributed by atoms with E-state index in [4.69, 9.17) is 0 Å². The molecule has 1 saturated heterocycles. The third-order valence-electron chi connectivity index (χ3n) is 4.66. The summed E-state index contributed by atoms with van der Waals surface area (Å²) in [6.45, 7) is 6.21. The zero-order valence-electron chi connectivity index (χ0n) is 17.8. The third-order valence-corrected chi connectivity index (χ3v) is 8.33. The van der Waals surface area contributed by atoms with Gasteiger partial charge in [-0.1, -0.05) is 6.07 Å². The summed E-state index contributed by atoms with van der Waals surface area (Å²) in [6.07, 6.45) is 1.66. The number of benzene rings is 2. The Bertz CT molecular complexity index is 1160. The fraction of sp³-hybridized carbons (Fsp3) is 0.381. The number of carbonyl (C=O) groups excluding carboxylic acids is 1. The van der Waals surface area contributed by atoms with Crippen molar-refractivity contribution in [2.24, 2.45) is 0 Å². The quantitative estimate of drug-likeness (QED) is 0.681. The smallest absolute Gasteiger partial charge is 0.255 e. The van der Waals surface area contributed by atoms with Crippen LogP contribution in [0.4, 0.5) is 5.69 Å². The lowest BCUT2D eigenvalue weighted by Gasteiger charge is -2.20. The summed E-state index contributed by atoms with van der Waals surface area (Å²) in [5.74, 6) is -0.484. The highest BCUT2D eigenvalue weighted by molar-refractivity contribution is 7.89. The van der Waals surface area contributed by atoms with Crippen molar-refractivity contribution >= 4 is 31.6 Å². The van der Waals surface area contributed by atoms with Gasteiger partial charge in [0.2, 0.25) is 20.0 Å². The van der Waals surface area contributed by atoms with Crippen LogP contribution < -0.4 is 10.0 Å². The van der Waals surface area contributed by atoms with Crippen molar-refractivity contribution in [1.29, 1.82) is 0 Å². The molecule has 8 nitrogen and oxygen atoms in total. The number of nitrogens with one attached hydrogen (secondary N) is 2. The third kappa shape index (κ3) is 5.70. The minimum Gasteiger partial charge on any atom is -0.322 e. The molecule has 1 aliphatic rings. The largest absolute Gasteiger partial charge is 0.322 e. The molecule has 0 unspecified atom stereocenters. The number of carbonyl (C=O) groups is 1. The van der Waals surface area contributed by atoms with Crippen molar-refractivity contribution in [3.8, 4) is 0 Å². The van der Waals surface area contributed by atoms with Crippen LogP contribution in [0.2, 0.25) is 0 Å². The molecular formula is C21H27N3O5S2. The fourth-order valence-electron chi connectivity index (χ4n) is 3.26. The van der Waals surface area contributed by atoms with Gasteiger partial charge in [-0.25, -0.2) is 21.6 Å². The van der Waals surface area contributed by atoms with E-state index in [0.717, 1.165) is 12.8 Å². The van der Waals surface area contributed by atoms with Crippen molar-refractivity contribution in [3.63, 3.8) is 0 Å². The highest BCUT2D eigenvalue weighted by atomic mass is 32.2. The van der Waals surface area contributed by atoms with Gasteiger partial charge in [-0.2, -0.15) is 4.31 Å². The van der Waals surface area contributed by atoms with Gasteiger partial charge in [0.05, 0.1) is 9.79 Å². The molecule has 10 heteroatoms. The molecule has 0 bridgehead atoms. The van der Waals surface area contributed by atoms with Crippen molar-refractivity contribution in [1.82, 2.24) is 9.03 Å².